The maximum absolute atomic E-state index is 13.7. The molecule has 1 N–H and O–H groups in total. The van der Waals surface area contributed by atoms with Crippen LogP contribution in [-0.2, 0) is 4.79 Å². The minimum absolute atomic E-state index is 0.0251. The quantitative estimate of drug-likeness (QED) is 0.546. The topological polar surface area (TPSA) is 40.5 Å². The Hall–Kier alpha value is -1.51. The molecule has 0 atom stereocenters. The number of hydrogen-bond donors (Lipinski definition) is 1. The summed E-state index contributed by atoms with van der Waals surface area (Å²) in [7, 11) is 0. The Kier molecular flexibility index (Phi) is 4.75. The van der Waals surface area contributed by atoms with Crippen molar-refractivity contribution in [2.45, 2.75) is 23.4 Å². The second-order valence-corrected chi connectivity index (χ2v) is 9.37. The maximum Gasteiger partial charge on any atom is 0.226 e. The van der Waals surface area contributed by atoms with Crippen LogP contribution in [0.3, 0.4) is 0 Å². The molecule has 0 saturated carbocycles. The van der Waals surface area contributed by atoms with Crippen molar-refractivity contribution in [3.8, 4) is 0 Å². The molecule has 1 amide bonds. The first-order valence-corrected chi connectivity index (χ1v) is 10.2. The number of hydrogen-bond acceptors (Lipinski definition) is 3. The lowest BCUT2D eigenvalue weighted by Crippen LogP contribution is -2.59. The van der Waals surface area contributed by atoms with Gasteiger partial charge in [-0.25, -0.2) is 4.39 Å². The average Bonchev–Trinajstić information content (AvgIpc) is 3.05. The molecule has 1 aromatic rings. The molecule has 1 aromatic heterocycles. The van der Waals surface area contributed by atoms with Gasteiger partial charge in [0.2, 0.25) is 5.91 Å². The Labute approximate surface area is 167 Å². The van der Waals surface area contributed by atoms with Crippen molar-refractivity contribution in [1.82, 2.24) is 19.7 Å². The molecule has 3 aliphatic rings. The van der Waals surface area contributed by atoms with E-state index in [9.17, 15) is 9.18 Å². The highest BCUT2D eigenvalue weighted by Gasteiger charge is 2.45. The van der Waals surface area contributed by atoms with Gasteiger partial charge < -0.3 is 19.7 Å². The van der Waals surface area contributed by atoms with Crippen molar-refractivity contribution in [1.29, 1.82) is 0 Å². The van der Waals surface area contributed by atoms with Gasteiger partial charge in [-0.1, -0.05) is 0 Å². The van der Waals surface area contributed by atoms with Crippen molar-refractivity contribution in [2.24, 2.45) is 5.92 Å². The van der Waals surface area contributed by atoms with Crippen LogP contribution in [0.15, 0.2) is 36.4 Å². The molecule has 4 rings (SSSR count). The molecular formula is C19H24FIN4O. The van der Waals surface area contributed by atoms with Gasteiger partial charge in [0, 0.05) is 44.1 Å². The van der Waals surface area contributed by atoms with E-state index in [-0.39, 0.29) is 24.9 Å². The summed E-state index contributed by atoms with van der Waals surface area (Å²) in [5.74, 6) is 0.152. The van der Waals surface area contributed by atoms with Crippen LogP contribution >= 0.6 is 22.6 Å². The number of piperidine rings is 1. The van der Waals surface area contributed by atoms with E-state index in [1.165, 1.54) is 17.0 Å². The molecule has 0 aliphatic carbocycles. The number of carbonyl (C=O) groups excluding carboxylic acids is 1. The van der Waals surface area contributed by atoms with Gasteiger partial charge in [0.15, 0.2) is 3.68 Å². The lowest BCUT2D eigenvalue weighted by molar-refractivity contribution is -0.144. The molecule has 0 radical (unpaired) electrons. The van der Waals surface area contributed by atoms with Gasteiger partial charge >= 0.3 is 0 Å². The van der Waals surface area contributed by atoms with Crippen LogP contribution < -0.4 is 5.32 Å². The molecule has 2 fully saturated rings. The molecule has 0 aromatic carbocycles. The first-order chi connectivity index (χ1) is 12.4. The fourth-order valence-electron chi connectivity index (χ4n) is 3.93. The summed E-state index contributed by atoms with van der Waals surface area (Å²) in [5, 5.41) is 3.31. The summed E-state index contributed by atoms with van der Waals surface area (Å²) in [4.78, 5) is 16.6. The van der Waals surface area contributed by atoms with Gasteiger partial charge in [-0.05, 0) is 60.1 Å². The number of rotatable bonds is 3. The van der Waals surface area contributed by atoms with Gasteiger partial charge in [-0.2, -0.15) is 0 Å². The third kappa shape index (κ3) is 3.50. The Morgan fingerprint density at radius 3 is 2.65 bits per heavy atom. The fourth-order valence-corrected chi connectivity index (χ4v) is 4.75. The van der Waals surface area contributed by atoms with E-state index < -0.39 is 3.68 Å². The fraction of sp³-hybridized carbons (Fsp3) is 0.526. The number of aromatic nitrogens is 1. The van der Waals surface area contributed by atoms with Gasteiger partial charge in [-0.15, -0.1) is 0 Å². The van der Waals surface area contributed by atoms with E-state index >= 15 is 0 Å². The predicted molar refractivity (Wildman–Crippen MR) is 108 cm³/mol. The molecule has 4 heterocycles. The number of likely N-dealkylation sites (tertiary alicyclic amines) is 2. The van der Waals surface area contributed by atoms with Gasteiger partial charge in [0.1, 0.15) is 0 Å². The summed E-state index contributed by atoms with van der Waals surface area (Å²) in [6, 6.07) is 2.11. The van der Waals surface area contributed by atoms with Gasteiger partial charge in [0.25, 0.3) is 0 Å². The van der Waals surface area contributed by atoms with Crippen molar-refractivity contribution < 1.29 is 9.18 Å². The first kappa shape index (κ1) is 17.9. The van der Waals surface area contributed by atoms with Crippen LogP contribution in [-0.4, -0.2) is 56.7 Å². The van der Waals surface area contributed by atoms with Crippen LogP contribution in [0.5, 0.6) is 0 Å². The lowest BCUT2D eigenvalue weighted by atomic mass is 9.93. The number of allylic oxidation sites excluding steroid dienone is 1. The number of carbonyl (C=O) groups is 1. The minimum Gasteiger partial charge on any atom is -0.386 e. The maximum atomic E-state index is 13.7. The van der Waals surface area contributed by atoms with Crippen LogP contribution in [0.4, 0.5) is 4.39 Å². The zero-order valence-corrected chi connectivity index (χ0v) is 17.1. The summed E-state index contributed by atoms with van der Waals surface area (Å²) in [6.45, 7) is 5.08. The number of nitrogens with zero attached hydrogens (tertiary/aromatic N) is 3. The molecule has 7 heteroatoms. The Morgan fingerprint density at radius 2 is 2.04 bits per heavy atom. The zero-order valence-electron chi connectivity index (χ0n) is 14.9. The summed E-state index contributed by atoms with van der Waals surface area (Å²) in [5.41, 5.74) is 3.61. The Bertz CT molecular complexity index is 753. The Balaban J connectivity index is 1.39. The highest BCUT2D eigenvalue weighted by atomic mass is 127. The molecule has 5 nitrogen and oxygen atoms in total. The number of amides is 1. The van der Waals surface area contributed by atoms with Gasteiger partial charge in [-0.3, -0.25) is 4.79 Å². The Morgan fingerprint density at radius 1 is 1.31 bits per heavy atom. The summed E-state index contributed by atoms with van der Waals surface area (Å²) >= 11 is 1.80. The second kappa shape index (κ2) is 6.90. The monoisotopic (exact) mass is 470 g/mol. The summed E-state index contributed by atoms with van der Waals surface area (Å²) < 4.78 is 14.6. The number of alkyl halides is 2. The standard InChI is InChI=1S/C19H24FIN4O/c1-14-3-7-24(11-14)16-2-6-22-10-17(16)23-8-4-15(5-9-23)18(26)25-12-19(20,21)13-25/h2-3,7,10-11,15,22H,4-6,8-9,12-13H2,1H3. The lowest BCUT2D eigenvalue weighted by Gasteiger charge is -2.44. The van der Waals surface area contributed by atoms with Crippen LogP contribution in [0.2, 0.25) is 0 Å². The van der Waals surface area contributed by atoms with E-state index in [0.29, 0.717) is 0 Å². The second-order valence-electron chi connectivity index (χ2n) is 7.43. The van der Waals surface area contributed by atoms with E-state index in [4.69, 9.17) is 0 Å². The molecule has 26 heavy (non-hydrogen) atoms. The van der Waals surface area contributed by atoms with Crippen LogP contribution in [0.1, 0.15) is 18.4 Å². The van der Waals surface area contributed by atoms with E-state index in [1.54, 1.807) is 27.5 Å². The van der Waals surface area contributed by atoms with Crippen molar-refractivity contribution in [3.05, 3.63) is 42.0 Å². The van der Waals surface area contributed by atoms with Gasteiger partial charge in [0.05, 0.1) is 24.5 Å². The number of dihydropyridines is 1. The predicted octanol–water partition coefficient (Wildman–Crippen LogP) is 2.74. The van der Waals surface area contributed by atoms with E-state index in [2.05, 4.69) is 52.4 Å². The average molecular weight is 470 g/mol. The van der Waals surface area contributed by atoms with E-state index in [1.807, 2.05) is 0 Å². The minimum atomic E-state index is -1.22. The first-order valence-electron chi connectivity index (χ1n) is 9.14. The highest BCUT2D eigenvalue weighted by molar-refractivity contribution is 14.1. The summed E-state index contributed by atoms with van der Waals surface area (Å²) in [6.07, 6.45) is 10.2. The third-order valence-electron chi connectivity index (χ3n) is 5.37. The SMILES string of the molecule is Cc1ccn(C2=CCNC=C2N2CCC(C(=O)N3CC(F)(I)C3)CC2)c1. The van der Waals surface area contributed by atoms with E-state index in [0.717, 1.165) is 32.5 Å². The molecule has 3 aliphatic heterocycles. The molecule has 140 valence electrons. The van der Waals surface area contributed by atoms with Crippen molar-refractivity contribution >= 4 is 34.2 Å². The third-order valence-corrected chi connectivity index (χ3v) is 6.06. The van der Waals surface area contributed by atoms with Crippen molar-refractivity contribution in [3.63, 3.8) is 0 Å². The van der Waals surface area contributed by atoms with Crippen LogP contribution in [0, 0.1) is 12.8 Å². The normalized spacial score (nSPS) is 23.0. The number of nitrogens with one attached hydrogen (secondary N) is 1. The molecule has 0 unspecified atom stereocenters. The number of aryl methyl sites for hydroxylation is 1. The number of halogens is 2. The smallest absolute Gasteiger partial charge is 0.226 e. The molecule has 0 bridgehead atoms. The van der Waals surface area contributed by atoms with Crippen molar-refractivity contribution in [2.75, 3.05) is 32.7 Å². The zero-order chi connectivity index (χ0) is 18.3. The van der Waals surface area contributed by atoms with Crippen LogP contribution in [0.25, 0.3) is 5.70 Å². The highest BCUT2D eigenvalue weighted by Crippen LogP contribution is 2.35. The molecular weight excluding hydrogens is 446 g/mol. The molecule has 0 spiro atoms. The molecule has 2 saturated heterocycles. The largest absolute Gasteiger partial charge is 0.386 e.